The Morgan fingerprint density at radius 3 is 1.93 bits per heavy atom. The lowest BCUT2D eigenvalue weighted by atomic mass is 9.80. The first-order valence-corrected chi connectivity index (χ1v) is 15.6. The van der Waals surface area contributed by atoms with Gasteiger partial charge in [0.1, 0.15) is 11.2 Å². The maximum Gasteiger partial charge on any atom is 0.136 e. The Hall–Kier alpha value is -5.84. The molecule has 8 aromatic rings. The van der Waals surface area contributed by atoms with Gasteiger partial charge in [0.25, 0.3) is 0 Å². The van der Waals surface area contributed by atoms with Crippen molar-refractivity contribution in [3.63, 3.8) is 0 Å². The second-order valence-electron chi connectivity index (χ2n) is 12.1. The van der Waals surface area contributed by atoms with Crippen molar-refractivity contribution in [3.05, 3.63) is 150 Å². The van der Waals surface area contributed by atoms with E-state index in [2.05, 4.69) is 139 Å². The van der Waals surface area contributed by atoms with E-state index in [1.807, 2.05) is 6.07 Å². The molecule has 1 nitrogen and oxygen atoms in total. The topological polar surface area (TPSA) is 13.1 Å². The van der Waals surface area contributed by atoms with Crippen molar-refractivity contribution < 1.29 is 4.42 Å². The Balaban J connectivity index is 1.39. The number of hydrogen-bond acceptors (Lipinski definition) is 1. The number of fused-ring (bicyclic) bond motifs is 10. The highest BCUT2D eigenvalue weighted by molar-refractivity contribution is 6.26. The van der Waals surface area contributed by atoms with Crippen LogP contribution in [-0.4, -0.2) is 0 Å². The van der Waals surface area contributed by atoms with E-state index in [0.29, 0.717) is 0 Å². The van der Waals surface area contributed by atoms with Gasteiger partial charge in [-0.3, -0.25) is 0 Å². The molecule has 1 aromatic heterocycles. The van der Waals surface area contributed by atoms with Crippen LogP contribution in [0.1, 0.15) is 22.3 Å². The van der Waals surface area contributed by atoms with Gasteiger partial charge in [-0.05, 0) is 90.7 Å². The molecule has 208 valence electrons. The highest BCUT2D eigenvalue weighted by Gasteiger charge is 2.26. The molecule has 0 N–H and O–H groups in total. The Morgan fingerprint density at radius 2 is 1.16 bits per heavy atom. The minimum atomic E-state index is 0.760. The van der Waals surface area contributed by atoms with E-state index in [1.165, 1.54) is 77.2 Å². The van der Waals surface area contributed by atoms with Crippen molar-refractivity contribution in [1.29, 1.82) is 0 Å². The van der Waals surface area contributed by atoms with Crippen LogP contribution in [0.3, 0.4) is 0 Å². The second-order valence-corrected chi connectivity index (χ2v) is 12.1. The lowest BCUT2D eigenvalue weighted by Crippen LogP contribution is -1.99. The summed E-state index contributed by atoms with van der Waals surface area (Å²) in [6.45, 7) is 0. The Morgan fingerprint density at radius 1 is 0.533 bits per heavy atom. The molecule has 45 heavy (non-hydrogen) atoms. The van der Waals surface area contributed by atoms with Crippen LogP contribution in [0.15, 0.2) is 132 Å². The standard InChI is InChI=1S/C44H26O/c1-2-15-30-27(12-1)13-9-22-31-29-21-10-14-28(29)26-38(41(30)31)43-34-18-5-3-16-32(34)42(33-17-4-6-19-35(33)43)37-23-11-25-40-44(37)36-20-7-8-24-39(36)45-40/h1-8,10-12,14-20,23-26H,13,21H2. The van der Waals surface area contributed by atoms with Crippen molar-refractivity contribution in [3.8, 4) is 45.2 Å². The van der Waals surface area contributed by atoms with Crippen LogP contribution in [0.2, 0.25) is 0 Å². The van der Waals surface area contributed by atoms with E-state index in [9.17, 15) is 0 Å². The first-order valence-electron chi connectivity index (χ1n) is 15.6. The predicted molar refractivity (Wildman–Crippen MR) is 188 cm³/mol. The van der Waals surface area contributed by atoms with E-state index in [0.717, 1.165) is 34.8 Å². The van der Waals surface area contributed by atoms with Gasteiger partial charge in [-0.1, -0.05) is 127 Å². The third-order valence-corrected chi connectivity index (χ3v) is 9.74. The molecule has 0 radical (unpaired) electrons. The van der Waals surface area contributed by atoms with Gasteiger partial charge in [0.05, 0.1) is 0 Å². The van der Waals surface area contributed by atoms with E-state index in [1.54, 1.807) is 0 Å². The van der Waals surface area contributed by atoms with Gasteiger partial charge >= 0.3 is 0 Å². The van der Waals surface area contributed by atoms with Crippen LogP contribution < -0.4 is 0 Å². The lowest BCUT2D eigenvalue weighted by Gasteiger charge is -2.22. The Kier molecular flexibility index (Phi) is 5.10. The van der Waals surface area contributed by atoms with Gasteiger partial charge < -0.3 is 4.42 Å². The van der Waals surface area contributed by atoms with Crippen LogP contribution in [0.25, 0.3) is 82.9 Å². The summed E-state index contributed by atoms with van der Waals surface area (Å²) >= 11 is 0. The Labute approximate surface area is 261 Å². The van der Waals surface area contributed by atoms with Crippen LogP contribution >= 0.6 is 0 Å². The van der Waals surface area contributed by atoms with Crippen molar-refractivity contribution in [2.45, 2.75) is 12.8 Å². The molecular formula is C44H26O. The first-order chi connectivity index (χ1) is 22.3. The molecule has 0 atom stereocenters. The fourth-order valence-corrected chi connectivity index (χ4v) is 7.87. The molecule has 2 aliphatic rings. The van der Waals surface area contributed by atoms with Gasteiger partial charge in [-0.2, -0.15) is 0 Å². The molecule has 0 aliphatic heterocycles. The third-order valence-electron chi connectivity index (χ3n) is 9.74. The van der Waals surface area contributed by atoms with Gasteiger partial charge in [0, 0.05) is 28.3 Å². The van der Waals surface area contributed by atoms with Crippen molar-refractivity contribution in [1.82, 2.24) is 0 Å². The molecule has 0 spiro atoms. The summed E-state index contributed by atoms with van der Waals surface area (Å²) < 4.78 is 6.36. The molecule has 0 saturated heterocycles. The Bertz CT molecular complexity index is 2590. The average molecular weight is 571 g/mol. The summed E-state index contributed by atoms with van der Waals surface area (Å²) in [5.74, 6) is 7.17. The van der Waals surface area contributed by atoms with Crippen molar-refractivity contribution >= 4 is 49.6 Å². The average Bonchev–Trinajstić information content (AvgIpc) is 3.67. The van der Waals surface area contributed by atoms with E-state index in [4.69, 9.17) is 4.42 Å². The van der Waals surface area contributed by atoms with Gasteiger partial charge in [-0.15, -0.1) is 0 Å². The lowest BCUT2D eigenvalue weighted by molar-refractivity contribution is 0.669. The van der Waals surface area contributed by atoms with E-state index in [-0.39, 0.29) is 0 Å². The zero-order valence-corrected chi connectivity index (χ0v) is 24.5. The number of allylic oxidation sites excluding steroid dienone is 1. The minimum absolute atomic E-state index is 0.760. The summed E-state index contributed by atoms with van der Waals surface area (Å²) in [4.78, 5) is 0. The van der Waals surface area contributed by atoms with Gasteiger partial charge in [-0.25, -0.2) is 0 Å². The maximum atomic E-state index is 6.36. The molecular weight excluding hydrogens is 544 g/mol. The normalized spacial score (nSPS) is 13.1. The SMILES string of the molecule is C1#Cc2c3c(cc(-c4c5ccccc5c(-c5cccc6oc7ccccc7c56)c5ccccc45)c2-c2ccccc2C1)C=CC3. The smallest absolute Gasteiger partial charge is 0.136 e. The first kappa shape index (κ1) is 24.6. The molecule has 7 aromatic carbocycles. The number of hydrogen-bond donors (Lipinski definition) is 0. The summed E-state index contributed by atoms with van der Waals surface area (Å²) in [5.41, 5.74) is 14.4. The molecule has 0 bridgehead atoms. The molecule has 2 aliphatic carbocycles. The van der Waals surface area contributed by atoms with E-state index < -0.39 is 0 Å². The van der Waals surface area contributed by atoms with Gasteiger partial charge in [0.2, 0.25) is 0 Å². The fourth-order valence-electron chi connectivity index (χ4n) is 7.87. The predicted octanol–water partition coefficient (Wildman–Crippen LogP) is 11.4. The highest BCUT2D eigenvalue weighted by atomic mass is 16.3. The monoisotopic (exact) mass is 570 g/mol. The summed E-state index contributed by atoms with van der Waals surface area (Å²) in [7, 11) is 0. The summed E-state index contributed by atoms with van der Waals surface area (Å²) in [6.07, 6.45) is 6.25. The maximum absolute atomic E-state index is 6.36. The number of furan rings is 1. The molecule has 10 rings (SSSR count). The van der Waals surface area contributed by atoms with E-state index >= 15 is 0 Å². The number of para-hydroxylation sites is 1. The summed E-state index contributed by atoms with van der Waals surface area (Å²) in [5, 5.41) is 7.27. The molecule has 0 fully saturated rings. The molecule has 0 saturated carbocycles. The van der Waals surface area contributed by atoms with Crippen LogP contribution in [0.4, 0.5) is 0 Å². The third kappa shape index (κ3) is 3.46. The largest absolute Gasteiger partial charge is 0.456 e. The quantitative estimate of drug-likeness (QED) is 0.149. The number of benzene rings is 7. The fraction of sp³-hybridized carbons (Fsp3) is 0.0455. The molecule has 0 amide bonds. The highest BCUT2D eigenvalue weighted by Crippen LogP contribution is 2.50. The molecule has 1 heteroatoms. The van der Waals surface area contributed by atoms with Crippen LogP contribution in [0.5, 0.6) is 0 Å². The summed E-state index contributed by atoms with van der Waals surface area (Å²) in [6, 6.07) is 44.0. The van der Waals surface area contributed by atoms with Crippen LogP contribution in [0, 0.1) is 11.8 Å². The van der Waals surface area contributed by atoms with Gasteiger partial charge in [0.15, 0.2) is 0 Å². The zero-order chi connectivity index (χ0) is 29.5. The van der Waals surface area contributed by atoms with Crippen molar-refractivity contribution in [2.24, 2.45) is 0 Å². The molecule has 0 unspecified atom stereocenters. The minimum Gasteiger partial charge on any atom is -0.456 e. The molecule has 1 heterocycles. The van der Waals surface area contributed by atoms with Crippen LogP contribution in [-0.2, 0) is 12.8 Å². The zero-order valence-electron chi connectivity index (χ0n) is 24.5. The second kappa shape index (κ2) is 9.33. The number of rotatable bonds is 2. The van der Waals surface area contributed by atoms with Crippen molar-refractivity contribution in [2.75, 3.05) is 0 Å².